The summed E-state index contributed by atoms with van der Waals surface area (Å²) in [6, 6.07) is 0.0548. The van der Waals surface area contributed by atoms with Gasteiger partial charge in [-0.2, -0.15) is 0 Å². The average Bonchev–Trinajstić information content (AvgIpc) is 3.67. The van der Waals surface area contributed by atoms with Gasteiger partial charge in [0, 0.05) is 0 Å². The van der Waals surface area contributed by atoms with Crippen molar-refractivity contribution in [1.82, 2.24) is 0 Å². The van der Waals surface area contributed by atoms with E-state index >= 15 is 0 Å². The second kappa shape index (κ2) is 13.2. The summed E-state index contributed by atoms with van der Waals surface area (Å²) in [4.78, 5) is 10.6. The van der Waals surface area contributed by atoms with Gasteiger partial charge < -0.3 is 10.6 Å². The second-order valence-electron chi connectivity index (χ2n) is 11.1. The first-order valence-electron chi connectivity index (χ1n) is 15.8. The van der Waals surface area contributed by atoms with Gasteiger partial charge in [0.05, 0.1) is 22.8 Å². The van der Waals surface area contributed by atoms with Crippen LogP contribution in [0.5, 0.6) is 0 Å². The van der Waals surface area contributed by atoms with E-state index in [1.807, 2.05) is 0 Å². The Labute approximate surface area is 262 Å². The molecule has 0 aromatic carbocycles. The molecule has 5 heteroatoms. The summed E-state index contributed by atoms with van der Waals surface area (Å²) in [7, 11) is 0. The molecule has 0 N–H and O–H groups in total. The Morgan fingerprint density at radius 1 is 0.488 bits per heavy atom. The molecule has 0 saturated heterocycles. The van der Waals surface area contributed by atoms with Crippen molar-refractivity contribution in [2.45, 2.75) is 119 Å². The molecule has 2 unspecified atom stereocenters. The zero-order valence-corrected chi connectivity index (χ0v) is 28.5. The van der Waals surface area contributed by atoms with Gasteiger partial charge >= 0.3 is 21.1 Å². The molecule has 41 heavy (non-hydrogen) atoms. The molecular weight excluding hydrogens is 684 g/mol. The topological polar surface area (TPSA) is 52.9 Å². The van der Waals surface area contributed by atoms with E-state index in [2.05, 4.69) is 79.7 Å². The number of nitrogens with zero attached hydrogens (tertiary/aromatic N) is 4. The van der Waals surface area contributed by atoms with Crippen LogP contribution >= 0.6 is 0 Å². The molecule has 5 aliphatic heterocycles. The Morgan fingerprint density at radius 3 is 1.12 bits per heavy atom. The molecule has 0 aliphatic carbocycles. The zero-order chi connectivity index (χ0) is 28.6. The van der Waals surface area contributed by atoms with Crippen LogP contribution in [0.1, 0.15) is 107 Å². The minimum absolute atomic E-state index is 0. The average molecular weight is 730 g/mol. The predicted octanol–water partition coefficient (Wildman–Crippen LogP) is 10.4. The molecule has 0 fully saturated rings. The van der Waals surface area contributed by atoms with E-state index in [0.717, 1.165) is 85.6 Å². The maximum Gasteiger partial charge on any atom is 2.00 e. The van der Waals surface area contributed by atoms with Crippen LogP contribution in [-0.4, -0.2) is 23.5 Å². The standard InChI is InChI=1S/C36H46N4.Pt/c1-9-21-22(10-2)30-18-32-25(13-5)26(14-6)34(39-32)20-36-28(16-8)27(15-7)35(40-36)19-33-24(12-4)23(11-3)31(38-33)17-29(21)37-30;/h17-20,29,36H,9-16H2,1-8H3;/q-2;+2/b30-18-,31-17-,34-20-,35-19-;. The third kappa shape index (κ3) is 5.42. The second-order valence-corrected chi connectivity index (χ2v) is 11.1. The maximum atomic E-state index is 5.34. The SMILES string of the molecule is CCC1=C(CC)/C2=C/C3[N-]/C(=C\C4=NC(=C\C5[N-]/C(=C\C1=N2)C(CC)=C5CC)/C(CC)=C4CC)C(CC)=C3CC.[Pt+2]. The summed E-state index contributed by atoms with van der Waals surface area (Å²) in [6.07, 6.45) is 17.0. The van der Waals surface area contributed by atoms with Gasteiger partial charge in [-0.3, -0.25) is 0 Å². The van der Waals surface area contributed by atoms with E-state index in [4.69, 9.17) is 20.6 Å². The number of hydrogen-bond acceptors (Lipinski definition) is 2. The van der Waals surface area contributed by atoms with E-state index in [1.54, 1.807) is 0 Å². The van der Waals surface area contributed by atoms with Crippen molar-refractivity contribution in [2.75, 3.05) is 0 Å². The summed E-state index contributed by atoms with van der Waals surface area (Å²) >= 11 is 0. The Morgan fingerprint density at radius 2 is 0.829 bits per heavy atom. The quantitative estimate of drug-likeness (QED) is 0.239. The third-order valence-electron chi connectivity index (χ3n) is 9.17. The first-order chi connectivity index (χ1) is 19.5. The fraction of sp³-hybridized carbons (Fsp3) is 0.500. The number of fused-ring (bicyclic) bond motifs is 6. The van der Waals surface area contributed by atoms with Gasteiger partial charge in [0.25, 0.3) is 0 Å². The van der Waals surface area contributed by atoms with Crippen molar-refractivity contribution in [3.05, 3.63) is 102 Å². The van der Waals surface area contributed by atoms with Crippen LogP contribution in [0.2, 0.25) is 0 Å². The van der Waals surface area contributed by atoms with Gasteiger partial charge in [0.2, 0.25) is 0 Å². The van der Waals surface area contributed by atoms with Gasteiger partial charge in [0.15, 0.2) is 0 Å². The monoisotopic (exact) mass is 729 g/mol. The molecule has 0 radical (unpaired) electrons. The van der Waals surface area contributed by atoms with Crippen molar-refractivity contribution >= 4 is 11.4 Å². The summed E-state index contributed by atoms with van der Waals surface area (Å²) in [5, 5.41) is 10.7. The molecule has 0 saturated carbocycles. The van der Waals surface area contributed by atoms with E-state index < -0.39 is 0 Å². The Hall–Kier alpha value is -2.45. The summed E-state index contributed by atoms with van der Waals surface area (Å²) in [5.74, 6) is 0. The Kier molecular flexibility index (Phi) is 10.2. The fourth-order valence-corrected chi connectivity index (χ4v) is 7.28. The molecule has 5 rings (SSSR count). The molecule has 4 nitrogen and oxygen atoms in total. The van der Waals surface area contributed by atoms with E-state index in [0.29, 0.717) is 0 Å². The first kappa shape index (κ1) is 31.5. The van der Waals surface area contributed by atoms with Crippen LogP contribution in [-0.2, 0) is 21.1 Å². The summed E-state index contributed by atoms with van der Waals surface area (Å²) in [6.45, 7) is 18.1. The third-order valence-corrected chi connectivity index (χ3v) is 9.17. The molecule has 0 spiro atoms. The van der Waals surface area contributed by atoms with Crippen LogP contribution in [0.25, 0.3) is 10.6 Å². The molecule has 0 aromatic rings. The minimum atomic E-state index is 0. The van der Waals surface area contributed by atoms with Crippen molar-refractivity contribution in [2.24, 2.45) is 9.98 Å². The van der Waals surface area contributed by atoms with E-state index in [9.17, 15) is 0 Å². The maximum absolute atomic E-state index is 5.34. The Bertz CT molecular complexity index is 1310. The van der Waals surface area contributed by atoms with Gasteiger partial charge in [0.1, 0.15) is 0 Å². The van der Waals surface area contributed by atoms with Crippen molar-refractivity contribution in [3.8, 4) is 0 Å². The fourth-order valence-electron chi connectivity index (χ4n) is 7.28. The van der Waals surface area contributed by atoms with Gasteiger partial charge in [-0.05, 0) is 73.7 Å². The summed E-state index contributed by atoms with van der Waals surface area (Å²) < 4.78 is 0. The van der Waals surface area contributed by atoms with Crippen LogP contribution < -0.4 is 0 Å². The van der Waals surface area contributed by atoms with E-state index in [1.165, 1.54) is 44.6 Å². The molecule has 0 amide bonds. The van der Waals surface area contributed by atoms with Crippen molar-refractivity contribution < 1.29 is 21.1 Å². The molecule has 2 atom stereocenters. The molecule has 5 aliphatic rings. The van der Waals surface area contributed by atoms with Crippen molar-refractivity contribution in [1.29, 1.82) is 0 Å². The number of rotatable bonds is 8. The smallest absolute Gasteiger partial charge is 0.675 e. The van der Waals surface area contributed by atoms with Crippen molar-refractivity contribution in [3.63, 3.8) is 0 Å². The van der Waals surface area contributed by atoms with Crippen LogP contribution in [0, 0.1) is 0 Å². The van der Waals surface area contributed by atoms with Gasteiger partial charge in [-0.1, -0.05) is 114 Å². The zero-order valence-electron chi connectivity index (χ0n) is 26.2. The van der Waals surface area contributed by atoms with Gasteiger partial charge in [-0.15, -0.1) is 11.4 Å². The normalized spacial score (nSPS) is 28.7. The van der Waals surface area contributed by atoms with Crippen LogP contribution in [0.3, 0.4) is 0 Å². The molecule has 0 aromatic heterocycles. The summed E-state index contributed by atoms with van der Waals surface area (Å²) in [5.41, 5.74) is 17.6. The van der Waals surface area contributed by atoms with Crippen LogP contribution in [0.4, 0.5) is 0 Å². The predicted molar refractivity (Wildman–Crippen MR) is 172 cm³/mol. The number of hydrogen-bond donors (Lipinski definition) is 0. The minimum Gasteiger partial charge on any atom is -0.675 e. The van der Waals surface area contributed by atoms with Gasteiger partial charge in [-0.25, -0.2) is 9.98 Å². The van der Waals surface area contributed by atoms with Crippen LogP contribution in [0.15, 0.2) is 102 Å². The Balaban J connectivity index is 0.00000387. The first-order valence-corrected chi connectivity index (χ1v) is 15.8. The number of allylic oxidation sites excluding steroid dienone is 8. The molecular formula is C36H46N4Pt. The number of aliphatic imine (C=N–C) groups is 2. The molecule has 220 valence electrons. The molecule has 8 bridgehead atoms. The van der Waals surface area contributed by atoms with E-state index in [-0.39, 0.29) is 33.1 Å². The molecule has 5 heterocycles. The largest absolute Gasteiger partial charge is 2.00 e.